The first-order valence-electron chi connectivity index (χ1n) is 6.65. The van der Waals surface area contributed by atoms with Crippen molar-refractivity contribution in [2.24, 2.45) is 0 Å². The average molecular weight is 258 g/mol. The summed E-state index contributed by atoms with van der Waals surface area (Å²) in [6, 6.07) is 11.2. The summed E-state index contributed by atoms with van der Waals surface area (Å²) < 4.78 is 13.7. The molecule has 0 saturated heterocycles. The Labute approximate surface area is 113 Å². The van der Waals surface area contributed by atoms with Gasteiger partial charge in [-0.05, 0) is 48.7 Å². The Kier molecular flexibility index (Phi) is 5.04. The van der Waals surface area contributed by atoms with Crippen LogP contribution in [0.25, 0.3) is 0 Å². The van der Waals surface area contributed by atoms with E-state index in [1.165, 1.54) is 11.6 Å². The minimum absolute atomic E-state index is 0.125. The van der Waals surface area contributed by atoms with Crippen molar-refractivity contribution in [1.29, 1.82) is 0 Å². The van der Waals surface area contributed by atoms with Crippen LogP contribution in [0.2, 0.25) is 0 Å². The van der Waals surface area contributed by atoms with E-state index in [2.05, 4.69) is 17.2 Å². The topological polar surface area (TPSA) is 24.9 Å². The fraction of sp³-hybridized carbons (Fsp3) is 0.312. The molecule has 3 heteroatoms. The molecule has 100 valence electrons. The molecule has 0 aliphatic carbocycles. The Morgan fingerprint density at radius 3 is 2.53 bits per heavy atom. The van der Waals surface area contributed by atoms with E-state index in [0.717, 1.165) is 18.5 Å². The van der Waals surface area contributed by atoms with Crippen molar-refractivity contribution >= 4 is 0 Å². The van der Waals surface area contributed by atoms with Gasteiger partial charge in [-0.1, -0.05) is 25.1 Å². The van der Waals surface area contributed by atoms with Crippen LogP contribution in [0.5, 0.6) is 0 Å². The van der Waals surface area contributed by atoms with E-state index >= 15 is 0 Å². The van der Waals surface area contributed by atoms with E-state index in [-0.39, 0.29) is 11.9 Å². The molecule has 1 unspecified atom stereocenters. The van der Waals surface area contributed by atoms with Crippen molar-refractivity contribution in [1.82, 2.24) is 10.3 Å². The number of hydrogen-bond donors (Lipinski definition) is 1. The van der Waals surface area contributed by atoms with E-state index in [1.54, 1.807) is 18.5 Å². The smallest absolute Gasteiger partial charge is 0.126 e. The largest absolute Gasteiger partial charge is 0.314 e. The van der Waals surface area contributed by atoms with E-state index < -0.39 is 0 Å². The standard InChI is InChI=1S/C16H19FN2/c1-2-19-15(11-13-7-9-18-10-8-13)12-14-5-3-4-6-16(14)17/h3-10,15,19H,2,11-12H2,1H3. The number of halogens is 1. The highest BCUT2D eigenvalue weighted by Gasteiger charge is 2.11. The molecule has 2 nitrogen and oxygen atoms in total. The maximum absolute atomic E-state index is 13.7. The Balaban J connectivity index is 2.06. The van der Waals surface area contributed by atoms with Crippen LogP contribution in [0.4, 0.5) is 4.39 Å². The fourth-order valence-corrected chi connectivity index (χ4v) is 2.24. The molecule has 0 aliphatic heterocycles. The lowest BCUT2D eigenvalue weighted by molar-refractivity contribution is 0.505. The van der Waals surface area contributed by atoms with Gasteiger partial charge in [-0.2, -0.15) is 0 Å². The lowest BCUT2D eigenvalue weighted by atomic mass is 9.99. The summed E-state index contributed by atoms with van der Waals surface area (Å²) in [7, 11) is 0. The molecule has 0 amide bonds. The van der Waals surface area contributed by atoms with Gasteiger partial charge < -0.3 is 5.32 Å². The molecule has 1 aromatic carbocycles. The van der Waals surface area contributed by atoms with Gasteiger partial charge in [0.05, 0.1) is 0 Å². The summed E-state index contributed by atoms with van der Waals surface area (Å²) in [4.78, 5) is 4.02. The SMILES string of the molecule is CCNC(Cc1ccncc1)Cc1ccccc1F. The van der Waals surface area contributed by atoms with E-state index in [0.29, 0.717) is 6.42 Å². The van der Waals surface area contributed by atoms with Gasteiger partial charge in [0.1, 0.15) is 5.82 Å². The Morgan fingerprint density at radius 1 is 1.11 bits per heavy atom. The van der Waals surface area contributed by atoms with Gasteiger partial charge in [-0.3, -0.25) is 4.98 Å². The van der Waals surface area contributed by atoms with Crippen molar-refractivity contribution < 1.29 is 4.39 Å². The quantitative estimate of drug-likeness (QED) is 0.861. The summed E-state index contributed by atoms with van der Waals surface area (Å²) in [5.74, 6) is -0.125. The molecule has 1 N–H and O–H groups in total. The third-order valence-electron chi connectivity index (χ3n) is 3.15. The first-order valence-corrected chi connectivity index (χ1v) is 6.65. The van der Waals surface area contributed by atoms with Gasteiger partial charge in [0.15, 0.2) is 0 Å². The Bertz CT molecular complexity index is 499. The molecular weight excluding hydrogens is 239 g/mol. The van der Waals surface area contributed by atoms with Crippen molar-refractivity contribution in [3.05, 3.63) is 65.7 Å². The summed E-state index contributed by atoms with van der Waals surface area (Å²) in [5, 5.41) is 3.42. The summed E-state index contributed by atoms with van der Waals surface area (Å²) in [6.07, 6.45) is 5.16. The van der Waals surface area contributed by atoms with Crippen LogP contribution in [0, 0.1) is 5.82 Å². The molecule has 0 spiro atoms. The second kappa shape index (κ2) is 7.00. The van der Waals surface area contributed by atoms with Gasteiger partial charge in [0.25, 0.3) is 0 Å². The third kappa shape index (κ3) is 4.14. The monoisotopic (exact) mass is 258 g/mol. The van der Waals surface area contributed by atoms with Gasteiger partial charge in [-0.15, -0.1) is 0 Å². The van der Waals surface area contributed by atoms with Crippen LogP contribution in [0.15, 0.2) is 48.8 Å². The highest BCUT2D eigenvalue weighted by Crippen LogP contribution is 2.12. The van der Waals surface area contributed by atoms with E-state index in [4.69, 9.17) is 0 Å². The molecule has 1 heterocycles. The number of rotatable bonds is 6. The van der Waals surface area contributed by atoms with Crippen LogP contribution in [-0.4, -0.2) is 17.6 Å². The number of nitrogens with one attached hydrogen (secondary N) is 1. The van der Waals surface area contributed by atoms with Gasteiger partial charge in [-0.25, -0.2) is 4.39 Å². The van der Waals surface area contributed by atoms with Crippen LogP contribution in [0.1, 0.15) is 18.1 Å². The summed E-state index contributed by atoms with van der Waals surface area (Å²) in [5.41, 5.74) is 1.99. The number of aromatic nitrogens is 1. The number of hydrogen-bond acceptors (Lipinski definition) is 2. The summed E-state index contributed by atoms with van der Waals surface area (Å²) in [6.45, 7) is 2.95. The van der Waals surface area contributed by atoms with E-state index in [1.807, 2.05) is 24.3 Å². The molecular formula is C16H19FN2. The summed E-state index contributed by atoms with van der Waals surface area (Å²) >= 11 is 0. The van der Waals surface area contributed by atoms with Crippen LogP contribution < -0.4 is 5.32 Å². The predicted octanol–water partition coefficient (Wildman–Crippen LogP) is 2.98. The van der Waals surface area contributed by atoms with Crippen molar-refractivity contribution in [2.45, 2.75) is 25.8 Å². The van der Waals surface area contributed by atoms with E-state index in [9.17, 15) is 4.39 Å². The molecule has 0 saturated carbocycles. The Morgan fingerprint density at radius 2 is 1.84 bits per heavy atom. The fourth-order valence-electron chi connectivity index (χ4n) is 2.24. The number of likely N-dealkylation sites (N-methyl/N-ethyl adjacent to an activating group) is 1. The molecule has 2 aromatic rings. The lowest BCUT2D eigenvalue weighted by Crippen LogP contribution is -2.33. The highest BCUT2D eigenvalue weighted by atomic mass is 19.1. The minimum atomic E-state index is -0.125. The first kappa shape index (κ1) is 13.7. The number of benzene rings is 1. The van der Waals surface area contributed by atoms with Crippen molar-refractivity contribution in [3.63, 3.8) is 0 Å². The van der Waals surface area contributed by atoms with Crippen molar-refractivity contribution in [3.8, 4) is 0 Å². The first-order chi connectivity index (χ1) is 9.29. The zero-order valence-electron chi connectivity index (χ0n) is 11.1. The number of nitrogens with zero attached hydrogens (tertiary/aromatic N) is 1. The third-order valence-corrected chi connectivity index (χ3v) is 3.15. The maximum Gasteiger partial charge on any atom is 0.126 e. The Hall–Kier alpha value is -1.74. The zero-order valence-corrected chi connectivity index (χ0v) is 11.1. The highest BCUT2D eigenvalue weighted by molar-refractivity contribution is 5.20. The molecule has 19 heavy (non-hydrogen) atoms. The molecule has 0 radical (unpaired) electrons. The average Bonchev–Trinajstić information content (AvgIpc) is 2.43. The molecule has 2 rings (SSSR count). The minimum Gasteiger partial charge on any atom is -0.314 e. The molecule has 1 atom stereocenters. The molecule has 1 aromatic heterocycles. The van der Waals surface area contributed by atoms with Crippen LogP contribution >= 0.6 is 0 Å². The predicted molar refractivity (Wildman–Crippen MR) is 75.5 cm³/mol. The van der Waals surface area contributed by atoms with Gasteiger partial charge in [0, 0.05) is 18.4 Å². The number of pyridine rings is 1. The molecule has 0 bridgehead atoms. The van der Waals surface area contributed by atoms with Gasteiger partial charge >= 0.3 is 0 Å². The molecule has 0 fully saturated rings. The van der Waals surface area contributed by atoms with Crippen LogP contribution in [-0.2, 0) is 12.8 Å². The van der Waals surface area contributed by atoms with Crippen molar-refractivity contribution in [2.75, 3.05) is 6.54 Å². The maximum atomic E-state index is 13.7. The van der Waals surface area contributed by atoms with Crippen LogP contribution in [0.3, 0.4) is 0 Å². The normalized spacial score (nSPS) is 12.3. The zero-order chi connectivity index (χ0) is 13.5. The second-order valence-corrected chi connectivity index (χ2v) is 4.61. The molecule has 0 aliphatic rings. The second-order valence-electron chi connectivity index (χ2n) is 4.61. The van der Waals surface area contributed by atoms with Gasteiger partial charge in [0.2, 0.25) is 0 Å². The lowest BCUT2D eigenvalue weighted by Gasteiger charge is -2.18.